The quantitative estimate of drug-likeness (QED) is 0.738. The fraction of sp³-hybridized carbons (Fsp3) is 0.625. The molecule has 1 N–H and O–H groups in total. The van der Waals surface area contributed by atoms with Crippen LogP contribution in [0.25, 0.3) is 0 Å². The van der Waals surface area contributed by atoms with Crippen LogP contribution in [-0.4, -0.2) is 18.7 Å². The molecule has 0 amide bonds. The van der Waals surface area contributed by atoms with Gasteiger partial charge in [-0.05, 0) is 43.9 Å². The standard InChI is InChI=1S/C16H27NO/c1-6-16(4,5)17-10-11-18-15-9-7-8-14(12-15)13(2)3/h7-9,12-13,17H,6,10-11H2,1-5H3. The molecule has 0 unspecified atom stereocenters. The number of rotatable bonds is 7. The summed E-state index contributed by atoms with van der Waals surface area (Å²) in [6.45, 7) is 12.6. The number of hydrogen-bond donors (Lipinski definition) is 1. The molecule has 102 valence electrons. The third-order valence-electron chi connectivity index (χ3n) is 3.38. The Kier molecular flexibility index (Phi) is 5.67. The SMILES string of the molecule is CCC(C)(C)NCCOc1cccc(C(C)C)c1. The fourth-order valence-corrected chi connectivity index (χ4v) is 1.65. The highest BCUT2D eigenvalue weighted by atomic mass is 16.5. The van der Waals surface area contributed by atoms with Crippen LogP contribution in [0.3, 0.4) is 0 Å². The molecule has 0 saturated heterocycles. The molecule has 1 aromatic rings. The molecule has 0 aromatic heterocycles. The monoisotopic (exact) mass is 249 g/mol. The van der Waals surface area contributed by atoms with Gasteiger partial charge in [0.15, 0.2) is 0 Å². The average molecular weight is 249 g/mol. The van der Waals surface area contributed by atoms with Gasteiger partial charge in [-0.2, -0.15) is 0 Å². The average Bonchev–Trinajstić information content (AvgIpc) is 2.35. The summed E-state index contributed by atoms with van der Waals surface area (Å²) in [7, 11) is 0. The third-order valence-corrected chi connectivity index (χ3v) is 3.38. The van der Waals surface area contributed by atoms with E-state index in [9.17, 15) is 0 Å². The predicted molar refractivity (Wildman–Crippen MR) is 78.4 cm³/mol. The van der Waals surface area contributed by atoms with Crippen molar-refractivity contribution >= 4 is 0 Å². The van der Waals surface area contributed by atoms with E-state index in [4.69, 9.17) is 4.74 Å². The Bertz CT molecular complexity index is 358. The molecule has 2 nitrogen and oxygen atoms in total. The van der Waals surface area contributed by atoms with Gasteiger partial charge in [-0.25, -0.2) is 0 Å². The number of nitrogens with one attached hydrogen (secondary N) is 1. The van der Waals surface area contributed by atoms with E-state index in [1.165, 1.54) is 5.56 Å². The van der Waals surface area contributed by atoms with Gasteiger partial charge in [-0.15, -0.1) is 0 Å². The second kappa shape index (κ2) is 6.79. The van der Waals surface area contributed by atoms with E-state index < -0.39 is 0 Å². The summed E-state index contributed by atoms with van der Waals surface area (Å²) in [5.41, 5.74) is 1.53. The lowest BCUT2D eigenvalue weighted by atomic mass is 10.0. The molecule has 0 fully saturated rings. The van der Waals surface area contributed by atoms with Gasteiger partial charge in [0.2, 0.25) is 0 Å². The Morgan fingerprint density at radius 1 is 1.28 bits per heavy atom. The minimum atomic E-state index is 0.198. The normalized spacial score (nSPS) is 11.9. The molecule has 0 atom stereocenters. The summed E-state index contributed by atoms with van der Waals surface area (Å²) in [5.74, 6) is 1.52. The van der Waals surface area contributed by atoms with Crippen molar-refractivity contribution in [3.8, 4) is 5.75 Å². The number of benzene rings is 1. The number of hydrogen-bond acceptors (Lipinski definition) is 2. The molecule has 0 aliphatic rings. The van der Waals surface area contributed by atoms with Crippen LogP contribution in [0.15, 0.2) is 24.3 Å². The van der Waals surface area contributed by atoms with Gasteiger partial charge in [-0.3, -0.25) is 0 Å². The van der Waals surface area contributed by atoms with Gasteiger partial charge in [0.25, 0.3) is 0 Å². The van der Waals surface area contributed by atoms with Crippen molar-refractivity contribution in [1.82, 2.24) is 5.32 Å². The predicted octanol–water partition coefficient (Wildman–Crippen LogP) is 3.97. The Morgan fingerprint density at radius 3 is 2.61 bits per heavy atom. The Labute approximate surface area is 112 Å². The van der Waals surface area contributed by atoms with E-state index >= 15 is 0 Å². The van der Waals surface area contributed by atoms with E-state index in [2.05, 4.69) is 58.1 Å². The van der Waals surface area contributed by atoms with E-state index in [1.54, 1.807) is 0 Å². The molecule has 0 spiro atoms. The van der Waals surface area contributed by atoms with Gasteiger partial charge < -0.3 is 10.1 Å². The van der Waals surface area contributed by atoms with Crippen molar-refractivity contribution in [2.75, 3.05) is 13.2 Å². The number of ether oxygens (including phenoxy) is 1. The molecule has 0 radical (unpaired) electrons. The highest BCUT2D eigenvalue weighted by molar-refractivity contribution is 5.30. The van der Waals surface area contributed by atoms with Crippen molar-refractivity contribution in [2.45, 2.75) is 52.5 Å². The van der Waals surface area contributed by atoms with Crippen molar-refractivity contribution in [2.24, 2.45) is 0 Å². The van der Waals surface area contributed by atoms with Crippen molar-refractivity contribution < 1.29 is 4.74 Å². The zero-order chi connectivity index (χ0) is 13.6. The maximum atomic E-state index is 5.77. The van der Waals surface area contributed by atoms with Crippen LogP contribution in [0.5, 0.6) is 5.75 Å². The molecule has 0 saturated carbocycles. The maximum Gasteiger partial charge on any atom is 0.119 e. The van der Waals surface area contributed by atoms with Gasteiger partial charge >= 0.3 is 0 Å². The van der Waals surface area contributed by atoms with Crippen LogP contribution < -0.4 is 10.1 Å². The largest absolute Gasteiger partial charge is 0.492 e. The second-order valence-electron chi connectivity index (χ2n) is 5.74. The van der Waals surface area contributed by atoms with Crippen LogP contribution in [0.4, 0.5) is 0 Å². The first-order valence-corrected chi connectivity index (χ1v) is 6.92. The van der Waals surface area contributed by atoms with Crippen LogP contribution in [0, 0.1) is 0 Å². The Balaban J connectivity index is 2.38. The fourth-order valence-electron chi connectivity index (χ4n) is 1.65. The van der Waals surface area contributed by atoms with E-state index in [-0.39, 0.29) is 5.54 Å². The summed E-state index contributed by atoms with van der Waals surface area (Å²) in [6, 6.07) is 8.37. The summed E-state index contributed by atoms with van der Waals surface area (Å²) in [5, 5.41) is 3.49. The zero-order valence-corrected chi connectivity index (χ0v) is 12.4. The molecule has 1 aromatic carbocycles. The molecule has 0 aliphatic carbocycles. The van der Waals surface area contributed by atoms with Crippen molar-refractivity contribution in [3.63, 3.8) is 0 Å². The summed E-state index contributed by atoms with van der Waals surface area (Å²) < 4.78 is 5.77. The molecular weight excluding hydrogens is 222 g/mol. The third kappa shape index (κ3) is 5.09. The van der Waals surface area contributed by atoms with Crippen LogP contribution in [0.2, 0.25) is 0 Å². The van der Waals surface area contributed by atoms with Crippen molar-refractivity contribution in [1.29, 1.82) is 0 Å². The lowest BCUT2D eigenvalue weighted by Gasteiger charge is -2.24. The minimum Gasteiger partial charge on any atom is -0.492 e. The molecule has 0 bridgehead atoms. The van der Waals surface area contributed by atoms with Crippen LogP contribution >= 0.6 is 0 Å². The van der Waals surface area contributed by atoms with Crippen LogP contribution in [-0.2, 0) is 0 Å². The van der Waals surface area contributed by atoms with Gasteiger partial charge in [0.1, 0.15) is 12.4 Å². The van der Waals surface area contributed by atoms with Crippen molar-refractivity contribution in [3.05, 3.63) is 29.8 Å². The molecule has 2 heteroatoms. The highest BCUT2D eigenvalue weighted by Crippen LogP contribution is 2.19. The first-order valence-electron chi connectivity index (χ1n) is 6.92. The smallest absolute Gasteiger partial charge is 0.119 e. The molecule has 18 heavy (non-hydrogen) atoms. The molecule has 0 heterocycles. The highest BCUT2D eigenvalue weighted by Gasteiger charge is 2.12. The Morgan fingerprint density at radius 2 is 2.00 bits per heavy atom. The first kappa shape index (κ1) is 15.0. The zero-order valence-electron chi connectivity index (χ0n) is 12.4. The van der Waals surface area contributed by atoms with E-state index in [0.29, 0.717) is 12.5 Å². The lowest BCUT2D eigenvalue weighted by molar-refractivity contribution is 0.280. The van der Waals surface area contributed by atoms with Gasteiger partial charge in [-0.1, -0.05) is 32.9 Å². The maximum absolute atomic E-state index is 5.77. The summed E-state index contributed by atoms with van der Waals surface area (Å²) >= 11 is 0. The second-order valence-corrected chi connectivity index (χ2v) is 5.74. The Hall–Kier alpha value is -1.02. The molecule has 1 rings (SSSR count). The minimum absolute atomic E-state index is 0.198. The summed E-state index contributed by atoms with van der Waals surface area (Å²) in [4.78, 5) is 0. The van der Waals surface area contributed by atoms with E-state index in [1.807, 2.05) is 6.07 Å². The van der Waals surface area contributed by atoms with Crippen LogP contribution in [0.1, 0.15) is 52.5 Å². The summed E-state index contributed by atoms with van der Waals surface area (Å²) in [6.07, 6.45) is 1.12. The topological polar surface area (TPSA) is 21.3 Å². The molecule has 0 aliphatic heterocycles. The van der Waals surface area contributed by atoms with Gasteiger partial charge in [0.05, 0.1) is 0 Å². The van der Waals surface area contributed by atoms with Gasteiger partial charge in [0, 0.05) is 12.1 Å². The lowest BCUT2D eigenvalue weighted by Crippen LogP contribution is -2.40. The molecular formula is C16H27NO. The van der Waals surface area contributed by atoms with E-state index in [0.717, 1.165) is 18.7 Å². The first-order chi connectivity index (χ1) is 8.44.